The Labute approximate surface area is 119 Å². The molecule has 1 fully saturated rings. The van der Waals surface area contributed by atoms with Gasteiger partial charge in [-0.1, -0.05) is 36.4 Å². The summed E-state index contributed by atoms with van der Waals surface area (Å²) in [5.41, 5.74) is 2.31. The van der Waals surface area contributed by atoms with Crippen LogP contribution in [0.1, 0.15) is 24.1 Å². The van der Waals surface area contributed by atoms with Crippen LogP contribution in [0.3, 0.4) is 0 Å². The topological polar surface area (TPSA) is 42.0 Å². The molecule has 0 bridgehead atoms. The van der Waals surface area contributed by atoms with Crippen LogP contribution in [0.5, 0.6) is 0 Å². The van der Waals surface area contributed by atoms with Crippen LogP contribution < -0.4 is 5.32 Å². The summed E-state index contributed by atoms with van der Waals surface area (Å²) in [7, 11) is 0. The highest BCUT2D eigenvalue weighted by Gasteiger charge is 2.44. The number of amides is 1. The lowest BCUT2D eigenvalue weighted by atomic mass is 9.96. The summed E-state index contributed by atoms with van der Waals surface area (Å²) in [6, 6.07) is 16.1. The molecule has 20 heavy (non-hydrogen) atoms. The van der Waals surface area contributed by atoms with E-state index >= 15 is 0 Å². The summed E-state index contributed by atoms with van der Waals surface area (Å²) in [5, 5.41) is 3.05. The molecule has 0 saturated heterocycles. The van der Waals surface area contributed by atoms with Gasteiger partial charge < -0.3 is 5.32 Å². The lowest BCUT2D eigenvalue weighted by Crippen LogP contribution is -2.33. The van der Waals surface area contributed by atoms with E-state index in [0.29, 0.717) is 6.42 Å². The predicted octanol–water partition coefficient (Wildman–Crippen LogP) is 2.47. The second-order valence-electron chi connectivity index (χ2n) is 5.42. The van der Waals surface area contributed by atoms with Crippen LogP contribution >= 0.6 is 0 Å². The molecule has 2 aromatic rings. The molecule has 1 aliphatic rings. The van der Waals surface area contributed by atoms with Gasteiger partial charge in [0.2, 0.25) is 5.91 Å². The van der Waals surface area contributed by atoms with Gasteiger partial charge in [-0.15, -0.1) is 0 Å². The molecule has 1 saturated carbocycles. The zero-order chi connectivity index (χ0) is 13.8. The average Bonchev–Trinajstić information content (AvgIpc) is 3.28. The van der Waals surface area contributed by atoms with Crippen molar-refractivity contribution in [3.63, 3.8) is 0 Å². The second-order valence-corrected chi connectivity index (χ2v) is 5.42. The van der Waals surface area contributed by atoms with Gasteiger partial charge in [0.25, 0.3) is 0 Å². The molecule has 0 atom stereocenters. The van der Waals surface area contributed by atoms with Crippen molar-refractivity contribution in [2.24, 2.45) is 0 Å². The van der Waals surface area contributed by atoms with Crippen LogP contribution in [0.15, 0.2) is 54.7 Å². The van der Waals surface area contributed by atoms with Gasteiger partial charge in [0.05, 0.1) is 6.42 Å². The Kier molecular flexibility index (Phi) is 3.50. The Morgan fingerprint density at radius 1 is 1.10 bits per heavy atom. The van der Waals surface area contributed by atoms with Crippen molar-refractivity contribution < 1.29 is 4.79 Å². The van der Waals surface area contributed by atoms with Crippen LogP contribution in [0.2, 0.25) is 0 Å². The molecule has 1 N–H and O–H groups in total. The first kappa shape index (κ1) is 12.9. The van der Waals surface area contributed by atoms with Gasteiger partial charge in [-0.05, 0) is 30.5 Å². The van der Waals surface area contributed by atoms with Gasteiger partial charge in [0.15, 0.2) is 0 Å². The Bertz CT molecular complexity index is 576. The number of rotatable bonds is 5. The zero-order valence-corrected chi connectivity index (χ0v) is 11.4. The molecule has 1 aromatic carbocycles. The lowest BCUT2D eigenvalue weighted by molar-refractivity contribution is -0.120. The van der Waals surface area contributed by atoms with Gasteiger partial charge in [-0.25, -0.2) is 0 Å². The molecule has 1 heterocycles. The maximum Gasteiger partial charge on any atom is 0.226 e. The quantitative estimate of drug-likeness (QED) is 0.903. The van der Waals surface area contributed by atoms with Gasteiger partial charge in [-0.3, -0.25) is 9.78 Å². The van der Waals surface area contributed by atoms with E-state index in [2.05, 4.69) is 34.6 Å². The number of pyridine rings is 1. The standard InChI is InChI=1S/C17H18N2O/c20-16(12-15-8-4-5-11-18-15)19-13-17(9-10-17)14-6-2-1-3-7-14/h1-8,11H,9-10,12-13H2,(H,19,20). The first-order valence-electron chi connectivity index (χ1n) is 7.01. The first-order valence-corrected chi connectivity index (χ1v) is 7.01. The van der Waals surface area contributed by atoms with E-state index in [1.54, 1.807) is 6.20 Å². The maximum absolute atomic E-state index is 12.0. The normalized spacial score (nSPS) is 15.6. The van der Waals surface area contributed by atoms with E-state index in [9.17, 15) is 4.79 Å². The van der Waals surface area contributed by atoms with Crippen molar-refractivity contribution in [3.8, 4) is 0 Å². The maximum atomic E-state index is 12.0. The third-order valence-electron chi connectivity index (χ3n) is 3.93. The molecule has 1 aromatic heterocycles. The Morgan fingerprint density at radius 2 is 1.85 bits per heavy atom. The smallest absolute Gasteiger partial charge is 0.226 e. The fourth-order valence-electron chi connectivity index (χ4n) is 2.51. The highest BCUT2D eigenvalue weighted by atomic mass is 16.1. The van der Waals surface area contributed by atoms with Gasteiger partial charge >= 0.3 is 0 Å². The average molecular weight is 266 g/mol. The Balaban J connectivity index is 1.56. The van der Waals surface area contributed by atoms with E-state index in [4.69, 9.17) is 0 Å². The van der Waals surface area contributed by atoms with E-state index in [0.717, 1.165) is 25.1 Å². The molecule has 1 aliphatic carbocycles. The molecule has 0 radical (unpaired) electrons. The van der Waals surface area contributed by atoms with E-state index in [1.165, 1.54) is 5.56 Å². The number of carbonyl (C=O) groups excluding carboxylic acids is 1. The number of hydrogen-bond donors (Lipinski definition) is 1. The zero-order valence-electron chi connectivity index (χ0n) is 11.4. The second kappa shape index (κ2) is 5.45. The molecular weight excluding hydrogens is 248 g/mol. The van der Waals surface area contributed by atoms with Crippen LogP contribution in [-0.2, 0) is 16.6 Å². The first-order chi connectivity index (χ1) is 9.78. The van der Waals surface area contributed by atoms with Gasteiger partial charge in [0, 0.05) is 23.9 Å². The van der Waals surface area contributed by atoms with Crippen LogP contribution in [-0.4, -0.2) is 17.4 Å². The summed E-state index contributed by atoms with van der Waals surface area (Å²) in [6.07, 6.45) is 4.38. The minimum Gasteiger partial charge on any atom is -0.355 e. The molecule has 0 aliphatic heterocycles. The molecule has 3 nitrogen and oxygen atoms in total. The van der Waals surface area contributed by atoms with Crippen molar-refractivity contribution in [3.05, 3.63) is 66.0 Å². The van der Waals surface area contributed by atoms with Gasteiger partial charge in [0.1, 0.15) is 0 Å². The third kappa shape index (κ3) is 2.87. The van der Waals surface area contributed by atoms with Crippen molar-refractivity contribution >= 4 is 5.91 Å². The number of nitrogens with one attached hydrogen (secondary N) is 1. The van der Waals surface area contributed by atoms with Crippen LogP contribution in [0, 0.1) is 0 Å². The third-order valence-corrected chi connectivity index (χ3v) is 3.93. The summed E-state index contributed by atoms with van der Waals surface area (Å²) >= 11 is 0. The number of hydrogen-bond acceptors (Lipinski definition) is 2. The molecule has 3 rings (SSSR count). The Morgan fingerprint density at radius 3 is 2.50 bits per heavy atom. The molecule has 3 heteroatoms. The molecule has 102 valence electrons. The summed E-state index contributed by atoms with van der Waals surface area (Å²) < 4.78 is 0. The minimum absolute atomic E-state index is 0.0471. The molecular formula is C17H18N2O. The number of carbonyl (C=O) groups is 1. The highest BCUT2D eigenvalue weighted by Crippen LogP contribution is 2.47. The summed E-state index contributed by atoms with van der Waals surface area (Å²) in [5.74, 6) is 0.0471. The molecule has 0 unspecified atom stereocenters. The number of nitrogens with zero attached hydrogens (tertiary/aromatic N) is 1. The fraction of sp³-hybridized carbons (Fsp3) is 0.294. The lowest BCUT2D eigenvalue weighted by Gasteiger charge is -2.16. The van der Waals surface area contributed by atoms with E-state index in [1.807, 2.05) is 24.3 Å². The van der Waals surface area contributed by atoms with Crippen molar-refractivity contribution in [1.29, 1.82) is 0 Å². The summed E-state index contributed by atoms with van der Waals surface area (Å²) in [6.45, 7) is 0.725. The summed E-state index contributed by atoms with van der Waals surface area (Å²) in [4.78, 5) is 16.1. The predicted molar refractivity (Wildman–Crippen MR) is 78.3 cm³/mol. The van der Waals surface area contributed by atoms with E-state index in [-0.39, 0.29) is 11.3 Å². The van der Waals surface area contributed by atoms with E-state index < -0.39 is 0 Å². The van der Waals surface area contributed by atoms with Crippen molar-refractivity contribution in [2.45, 2.75) is 24.7 Å². The monoisotopic (exact) mass is 266 g/mol. The van der Waals surface area contributed by atoms with Crippen LogP contribution in [0.4, 0.5) is 0 Å². The van der Waals surface area contributed by atoms with Crippen molar-refractivity contribution in [2.75, 3.05) is 6.54 Å². The number of aromatic nitrogens is 1. The highest BCUT2D eigenvalue weighted by molar-refractivity contribution is 5.78. The van der Waals surface area contributed by atoms with Crippen LogP contribution in [0.25, 0.3) is 0 Å². The minimum atomic E-state index is 0.0471. The Hall–Kier alpha value is -2.16. The number of benzene rings is 1. The SMILES string of the molecule is O=C(Cc1ccccn1)NCC1(c2ccccc2)CC1. The molecule has 0 spiro atoms. The fourth-order valence-corrected chi connectivity index (χ4v) is 2.51. The van der Waals surface area contributed by atoms with Gasteiger partial charge in [-0.2, -0.15) is 0 Å². The van der Waals surface area contributed by atoms with Crippen molar-refractivity contribution in [1.82, 2.24) is 10.3 Å². The molecule has 1 amide bonds. The largest absolute Gasteiger partial charge is 0.355 e.